The number of rotatable bonds is 8. The van der Waals surface area contributed by atoms with E-state index in [9.17, 15) is 25.9 Å². The molecule has 2 rings (SSSR count). The first-order valence-electron chi connectivity index (χ1n) is 8.45. The van der Waals surface area contributed by atoms with E-state index in [-0.39, 0.29) is 58.7 Å². The van der Waals surface area contributed by atoms with Crippen LogP contribution >= 0.6 is 0 Å². The maximum atomic E-state index is 10.6. The Kier molecular flexibility index (Phi) is 13.0. The zero-order chi connectivity index (χ0) is 22.9. The molecule has 0 heterocycles. The summed E-state index contributed by atoms with van der Waals surface area (Å²) in [6.45, 7) is 11.7. The summed E-state index contributed by atoms with van der Waals surface area (Å²) in [6, 6.07) is 10.6. The summed E-state index contributed by atoms with van der Waals surface area (Å²) in [5, 5.41) is 0. The van der Waals surface area contributed by atoms with Crippen LogP contribution in [0.5, 0.6) is 11.5 Å². The van der Waals surface area contributed by atoms with E-state index < -0.39 is 20.2 Å². The number of hydrogen-bond acceptors (Lipinski definition) is 8. The molecule has 0 unspecified atom stereocenters. The Bertz CT molecular complexity index is 986. The van der Waals surface area contributed by atoms with Crippen molar-refractivity contribution < 1.29 is 35.4 Å². The van der Waals surface area contributed by atoms with Crippen LogP contribution in [0, 0.1) is 0 Å². The van der Waals surface area contributed by atoms with Gasteiger partial charge in [-0.05, 0) is 73.5 Å². The molecular weight excluding hydrogens is 570 g/mol. The van der Waals surface area contributed by atoms with Crippen molar-refractivity contribution in [2.45, 2.75) is 23.6 Å². The van der Waals surface area contributed by atoms with E-state index in [0.29, 0.717) is 24.7 Å². The average molecular weight is 592 g/mol. The SMILES string of the molecule is C=C(C)COc1ccc(S(=O)(=O)[O-])cc1.C=C(C)COc1ccc(S(=O)(=O)[O-])cc1.[Ba+2]. The Morgan fingerprint density at radius 2 is 0.968 bits per heavy atom. The van der Waals surface area contributed by atoms with Crippen LogP contribution in [0.3, 0.4) is 0 Å². The summed E-state index contributed by atoms with van der Waals surface area (Å²) < 4.78 is 74.1. The van der Waals surface area contributed by atoms with E-state index in [4.69, 9.17) is 9.47 Å². The monoisotopic (exact) mass is 592 g/mol. The van der Waals surface area contributed by atoms with Gasteiger partial charge in [-0.3, -0.25) is 0 Å². The van der Waals surface area contributed by atoms with Gasteiger partial charge in [-0.2, -0.15) is 0 Å². The Morgan fingerprint density at radius 3 is 1.16 bits per heavy atom. The average Bonchev–Trinajstić information content (AvgIpc) is 2.64. The van der Waals surface area contributed by atoms with Gasteiger partial charge < -0.3 is 18.6 Å². The van der Waals surface area contributed by atoms with Gasteiger partial charge in [-0.1, -0.05) is 13.2 Å². The third-order valence-electron chi connectivity index (χ3n) is 3.20. The molecule has 0 spiro atoms. The largest absolute Gasteiger partial charge is 2.00 e. The molecule has 0 aliphatic heterocycles. The zero-order valence-electron chi connectivity index (χ0n) is 17.2. The third kappa shape index (κ3) is 12.5. The molecule has 0 saturated heterocycles. The van der Waals surface area contributed by atoms with E-state index >= 15 is 0 Å². The minimum Gasteiger partial charge on any atom is -0.744 e. The van der Waals surface area contributed by atoms with Crippen LogP contribution in [0.1, 0.15) is 13.8 Å². The van der Waals surface area contributed by atoms with Gasteiger partial charge in [0, 0.05) is 0 Å². The van der Waals surface area contributed by atoms with Gasteiger partial charge in [0.15, 0.2) is 0 Å². The van der Waals surface area contributed by atoms with E-state index in [1.807, 2.05) is 13.8 Å². The molecule has 0 fully saturated rings. The van der Waals surface area contributed by atoms with Gasteiger partial charge in [-0.15, -0.1) is 0 Å². The fourth-order valence-corrected chi connectivity index (χ4v) is 2.76. The van der Waals surface area contributed by atoms with Crippen LogP contribution in [0.15, 0.2) is 82.6 Å². The minimum absolute atomic E-state index is 0. The molecule has 0 saturated carbocycles. The molecule has 0 amide bonds. The Hall–Kier alpha value is -1.09. The van der Waals surface area contributed by atoms with Crippen molar-refractivity contribution >= 4 is 69.1 Å². The van der Waals surface area contributed by atoms with Gasteiger partial charge in [0.1, 0.15) is 44.9 Å². The van der Waals surface area contributed by atoms with Gasteiger partial charge in [0.2, 0.25) is 0 Å². The fraction of sp³-hybridized carbons (Fsp3) is 0.200. The molecule has 0 aromatic heterocycles. The first-order valence-corrected chi connectivity index (χ1v) is 11.3. The Labute approximate surface area is 223 Å². The Morgan fingerprint density at radius 1 is 0.710 bits per heavy atom. The molecule has 11 heteroatoms. The first-order chi connectivity index (χ1) is 13.8. The van der Waals surface area contributed by atoms with Gasteiger partial charge >= 0.3 is 48.9 Å². The standard InChI is InChI=1S/2C10H12O4S.Ba/c2*1-8(2)7-14-9-3-5-10(6-4-9)15(11,12)13;/h2*3-6H,1,7H2,2H3,(H,11,12,13);/q;;+2/p-2. The summed E-state index contributed by atoms with van der Waals surface area (Å²) in [5.74, 6) is 1.01. The molecule has 164 valence electrons. The first kappa shape index (κ1) is 29.9. The van der Waals surface area contributed by atoms with Gasteiger partial charge in [0.25, 0.3) is 0 Å². The zero-order valence-corrected chi connectivity index (χ0v) is 23.3. The van der Waals surface area contributed by atoms with Crippen LogP contribution in [0.25, 0.3) is 0 Å². The normalized spacial score (nSPS) is 10.7. The summed E-state index contributed by atoms with van der Waals surface area (Å²) in [7, 11) is -8.75. The van der Waals surface area contributed by atoms with Gasteiger partial charge in [0.05, 0.1) is 9.79 Å². The van der Waals surface area contributed by atoms with Crippen molar-refractivity contribution in [3.05, 3.63) is 72.8 Å². The van der Waals surface area contributed by atoms with Crippen LogP contribution in [0.4, 0.5) is 0 Å². The molecular formula is C20H22BaO8S2. The predicted molar refractivity (Wildman–Crippen MR) is 115 cm³/mol. The summed E-state index contributed by atoms with van der Waals surface area (Å²) in [5.41, 5.74) is 1.71. The van der Waals surface area contributed by atoms with E-state index in [2.05, 4.69) is 13.2 Å². The maximum absolute atomic E-state index is 10.6. The molecule has 31 heavy (non-hydrogen) atoms. The van der Waals surface area contributed by atoms with Crippen LogP contribution in [-0.2, 0) is 20.2 Å². The third-order valence-corrected chi connectivity index (χ3v) is 4.89. The van der Waals surface area contributed by atoms with Crippen molar-refractivity contribution in [2.75, 3.05) is 13.2 Å². The van der Waals surface area contributed by atoms with E-state index in [1.54, 1.807) is 0 Å². The molecule has 0 radical (unpaired) electrons. The number of benzene rings is 2. The topological polar surface area (TPSA) is 133 Å². The Balaban J connectivity index is 0.000000562. The van der Waals surface area contributed by atoms with E-state index in [0.717, 1.165) is 11.1 Å². The van der Waals surface area contributed by atoms with Crippen LogP contribution in [-0.4, -0.2) is 88.0 Å². The second-order valence-corrected chi connectivity index (χ2v) is 9.10. The van der Waals surface area contributed by atoms with Gasteiger partial charge in [-0.25, -0.2) is 16.8 Å². The van der Waals surface area contributed by atoms with Crippen molar-refractivity contribution in [1.29, 1.82) is 0 Å². The summed E-state index contributed by atoms with van der Waals surface area (Å²) in [4.78, 5) is -0.518. The van der Waals surface area contributed by atoms with Crippen LogP contribution < -0.4 is 9.47 Å². The maximum Gasteiger partial charge on any atom is 2.00 e. The summed E-state index contributed by atoms with van der Waals surface area (Å²) >= 11 is 0. The smallest absolute Gasteiger partial charge is 0.744 e. The van der Waals surface area contributed by atoms with Crippen molar-refractivity contribution in [3.8, 4) is 11.5 Å². The summed E-state index contributed by atoms with van der Waals surface area (Å²) in [6.07, 6.45) is 0. The molecule has 0 aliphatic rings. The fourth-order valence-electron chi connectivity index (χ4n) is 1.82. The molecule has 8 nitrogen and oxygen atoms in total. The number of ether oxygens (including phenoxy) is 2. The second kappa shape index (κ2) is 13.5. The molecule has 0 bridgehead atoms. The second-order valence-electron chi connectivity index (χ2n) is 6.34. The van der Waals surface area contributed by atoms with E-state index in [1.165, 1.54) is 48.5 Å². The van der Waals surface area contributed by atoms with Crippen molar-refractivity contribution in [1.82, 2.24) is 0 Å². The molecule has 0 N–H and O–H groups in total. The minimum atomic E-state index is -4.37. The predicted octanol–water partition coefficient (Wildman–Crippen LogP) is 2.71. The van der Waals surface area contributed by atoms with Crippen molar-refractivity contribution in [3.63, 3.8) is 0 Å². The molecule has 2 aromatic rings. The molecule has 0 atom stereocenters. The molecule has 0 aliphatic carbocycles. The van der Waals surface area contributed by atoms with Crippen molar-refractivity contribution in [2.24, 2.45) is 0 Å². The molecule has 2 aromatic carbocycles. The quantitative estimate of drug-likeness (QED) is 0.260. The number of hydrogen-bond donors (Lipinski definition) is 0. The van der Waals surface area contributed by atoms with Crippen LogP contribution in [0.2, 0.25) is 0 Å².